The zero-order valence-electron chi connectivity index (χ0n) is 20.5. The predicted octanol–water partition coefficient (Wildman–Crippen LogP) is 5.91. The highest BCUT2D eigenvalue weighted by Gasteiger charge is 2.46. The second kappa shape index (κ2) is 9.83. The van der Waals surface area contributed by atoms with Crippen molar-refractivity contribution in [2.45, 2.75) is 62.2 Å². The number of fused-ring (bicyclic) bond motifs is 2. The van der Waals surface area contributed by atoms with E-state index in [1.807, 2.05) is 18.2 Å². The Kier molecular flexibility index (Phi) is 6.52. The first-order chi connectivity index (χ1) is 18.0. The van der Waals surface area contributed by atoms with Crippen LogP contribution in [-0.2, 0) is 16.1 Å². The minimum absolute atomic E-state index is 0.128. The molecule has 2 saturated carbocycles. The van der Waals surface area contributed by atoms with Gasteiger partial charge in [0.05, 0.1) is 36.3 Å². The fourth-order valence-corrected chi connectivity index (χ4v) is 6.65. The van der Waals surface area contributed by atoms with E-state index in [4.69, 9.17) is 37.2 Å². The molecule has 4 atom stereocenters. The largest absolute Gasteiger partial charge is 0.465 e. The summed E-state index contributed by atoms with van der Waals surface area (Å²) >= 11 is 13.2. The van der Waals surface area contributed by atoms with E-state index >= 15 is 0 Å². The monoisotopic (exact) mass is 539 g/mol. The molecule has 1 aromatic heterocycles. The molecule has 0 spiro atoms. The van der Waals surface area contributed by atoms with Crippen molar-refractivity contribution < 1.29 is 18.8 Å². The van der Waals surface area contributed by atoms with Crippen molar-refractivity contribution in [3.05, 3.63) is 63.5 Å². The number of carbonyl (C=O) groups is 1. The highest BCUT2D eigenvalue weighted by molar-refractivity contribution is 6.38. The number of methoxy groups -OCH3 is 1. The lowest BCUT2D eigenvalue weighted by atomic mass is 9.97. The van der Waals surface area contributed by atoms with E-state index in [1.165, 1.54) is 7.11 Å². The highest BCUT2D eigenvalue weighted by Crippen LogP contribution is 2.47. The van der Waals surface area contributed by atoms with E-state index in [0.29, 0.717) is 41.5 Å². The zero-order chi connectivity index (χ0) is 25.7. The Morgan fingerprint density at radius 2 is 2.16 bits per heavy atom. The summed E-state index contributed by atoms with van der Waals surface area (Å²) in [5.74, 6) is 1.18. The van der Waals surface area contributed by atoms with Crippen molar-refractivity contribution in [3.63, 3.8) is 0 Å². The van der Waals surface area contributed by atoms with E-state index in [9.17, 15) is 10.1 Å². The summed E-state index contributed by atoms with van der Waals surface area (Å²) in [6.07, 6.45) is 8.82. The van der Waals surface area contributed by atoms with E-state index in [0.717, 1.165) is 60.5 Å². The van der Waals surface area contributed by atoms with Crippen LogP contribution in [0.25, 0.3) is 5.57 Å². The molecule has 0 N–H and O–H groups in total. The normalized spacial score (nSPS) is 26.6. The number of nitrogens with zero attached hydrogens (tertiary/aromatic N) is 3. The van der Waals surface area contributed by atoms with Gasteiger partial charge in [0.25, 0.3) is 0 Å². The molecule has 37 heavy (non-hydrogen) atoms. The number of halogens is 2. The Morgan fingerprint density at radius 1 is 1.32 bits per heavy atom. The fraction of sp³-hybridized carbons (Fsp3) is 0.464. The molecule has 7 nitrogen and oxygen atoms in total. The molecule has 0 amide bonds. The molecule has 6 rings (SSSR count). The number of carbonyl (C=O) groups excluding carboxylic acids is 1. The molecular formula is C28H27Cl2N3O4. The van der Waals surface area contributed by atoms with Gasteiger partial charge in [-0.2, -0.15) is 5.26 Å². The molecule has 2 bridgehead atoms. The van der Waals surface area contributed by atoms with Crippen LogP contribution in [0.1, 0.15) is 71.0 Å². The van der Waals surface area contributed by atoms with Gasteiger partial charge < -0.3 is 18.9 Å². The molecular weight excluding hydrogens is 513 g/mol. The smallest absolute Gasteiger partial charge is 0.339 e. The Labute approximate surface area is 225 Å². The maximum Gasteiger partial charge on any atom is 0.339 e. The molecule has 2 heterocycles. The summed E-state index contributed by atoms with van der Waals surface area (Å²) in [5, 5.41) is 14.3. The van der Waals surface area contributed by atoms with Gasteiger partial charge in [0.1, 0.15) is 17.5 Å². The van der Waals surface area contributed by atoms with Crippen molar-refractivity contribution in [1.82, 2.24) is 5.16 Å². The fourth-order valence-electron chi connectivity index (χ4n) is 5.96. The van der Waals surface area contributed by atoms with Crippen LogP contribution < -0.4 is 4.90 Å². The standard InChI is InChI=1S/C28H27Cl2N3O4/c1-35-28(34)20-8-7-18(9-16(20)12-31)33-13-17-10-19(33)11-24(17)36-14-21-26(32-37-27(21)15-5-6-15)25-22(29)3-2-4-23(25)30/h2-3,7-9,15,17,19,23-24H,4-6,10-11,13-14H2,1H3/t17-,19-,23?,24+/m0/s1. The van der Waals surface area contributed by atoms with Gasteiger partial charge in [0.2, 0.25) is 0 Å². The number of nitriles is 1. The molecule has 1 aliphatic heterocycles. The van der Waals surface area contributed by atoms with Crippen LogP contribution in [0.2, 0.25) is 0 Å². The number of ether oxygens (including phenoxy) is 2. The van der Waals surface area contributed by atoms with E-state index in [1.54, 1.807) is 12.1 Å². The molecule has 3 fully saturated rings. The van der Waals surface area contributed by atoms with Crippen LogP contribution in [0.3, 0.4) is 0 Å². The summed E-state index contributed by atoms with van der Waals surface area (Å²) in [5.41, 5.74) is 4.10. The summed E-state index contributed by atoms with van der Waals surface area (Å²) in [7, 11) is 1.32. The Morgan fingerprint density at radius 3 is 2.84 bits per heavy atom. The molecule has 1 aromatic carbocycles. The van der Waals surface area contributed by atoms with Crippen LogP contribution in [0.4, 0.5) is 5.69 Å². The number of piperidine rings is 1. The minimum atomic E-state index is -0.500. The molecule has 0 radical (unpaired) electrons. The first-order valence-electron chi connectivity index (χ1n) is 12.7. The first kappa shape index (κ1) is 24.5. The summed E-state index contributed by atoms with van der Waals surface area (Å²) in [4.78, 5) is 14.3. The maximum absolute atomic E-state index is 12.0. The number of esters is 1. The summed E-state index contributed by atoms with van der Waals surface area (Å²) in [6, 6.07) is 7.81. The molecule has 192 valence electrons. The number of hydrogen-bond acceptors (Lipinski definition) is 7. The zero-order valence-corrected chi connectivity index (χ0v) is 22.0. The van der Waals surface area contributed by atoms with Crippen LogP contribution in [0.15, 0.2) is 39.9 Å². The summed E-state index contributed by atoms with van der Waals surface area (Å²) in [6.45, 7) is 1.27. The molecule has 3 aliphatic carbocycles. The van der Waals surface area contributed by atoms with E-state index in [2.05, 4.69) is 16.1 Å². The third kappa shape index (κ3) is 4.46. The molecule has 4 aliphatic rings. The maximum atomic E-state index is 12.0. The Balaban J connectivity index is 1.17. The number of aromatic nitrogens is 1. The van der Waals surface area contributed by atoms with Gasteiger partial charge in [0, 0.05) is 46.3 Å². The number of allylic oxidation sites excluding steroid dienone is 4. The number of rotatable bonds is 7. The summed E-state index contributed by atoms with van der Waals surface area (Å²) < 4.78 is 17.1. The Bertz CT molecular complexity index is 1340. The van der Waals surface area contributed by atoms with E-state index < -0.39 is 5.97 Å². The van der Waals surface area contributed by atoms with Crippen molar-refractivity contribution in [3.8, 4) is 6.07 Å². The van der Waals surface area contributed by atoms with Gasteiger partial charge in [-0.3, -0.25) is 0 Å². The Hall–Kier alpha value is -2.79. The third-order valence-corrected chi connectivity index (χ3v) is 8.70. The van der Waals surface area contributed by atoms with Gasteiger partial charge in [-0.15, -0.1) is 11.6 Å². The highest BCUT2D eigenvalue weighted by atomic mass is 35.5. The predicted molar refractivity (Wildman–Crippen MR) is 140 cm³/mol. The second-order valence-corrected chi connectivity index (χ2v) is 11.2. The lowest BCUT2D eigenvalue weighted by Crippen LogP contribution is -2.38. The number of hydrogen-bond donors (Lipinski definition) is 0. The van der Waals surface area contributed by atoms with Crippen LogP contribution in [0, 0.1) is 17.2 Å². The van der Waals surface area contributed by atoms with Crippen molar-refractivity contribution >= 4 is 40.4 Å². The van der Waals surface area contributed by atoms with Gasteiger partial charge in [-0.05, 0) is 56.4 Å². The van der Waals surface area contributed by atoms with E-state index in [-0.39, 0.29) is 17.0 Å². The quantitative estimate of drug-likeness (QED) is 0.319. The van der Waals surface area contributed by atoms with Crippen LogP contribution in [0.5, 0.6) is 0 Å². The second-order valence-electron chi connectivity index (χ2n) is 10.2. The average molecular weight is 540 g/mol. The minimum Gasteiger partial charge on any atom is -0.465 e. The first-order valence-corrected chi connectivity index (χ1v) is 13.5. The molecule has 9 heteroatoms. The van der Waals surface area contributed by atoms with Gasteiger partial charge in [-0.25, -0.2) is 4.79 Å². The number of alkyl halides is 1. The molecule has 1 saturated heterocycles. The number of anilines is 1. The van der Waals surface area contributed by atoms with Gasteiger partial charge in [-0.1, -0.05) is 22.8 Å². The van der Waals surface area contributed by atoms with Gasteiger partial charge >= 0.3 is 5.97 Å². The SMILES string of the molecule is COC(=O)c1ccc(N2C[C@@H]3C[C@H]2C[C@H]3OCc2c(C3=C(Cl)C=CCC3Cl)noc2C2CC2)cc1C#N. The van der Waals surface area contributed by atoms with Crippen molar-refractivity contribution in [1.29, 1.82) is 5.26 Å². The van der Waals surface area contributed by atoms with Crippen LogP contribution in [-0.4, -0.2) is 42.3 Å². The molecule has 2 aromatic rings. The van der Waals surface area contributed by atoms with Crippen LogP contribution >= 0.6 is 23.2 Å². The third-order valence-electron chi connectivity index (χ3n) is 7.98. The lowest BCUT2D eigenvalue weighted by molar-refractivity contribution is 0.0120. The topological polar surface area (TPSA) is 88.6 Å². The lowest BCUT2D eigenvalue weighted by Gasteiger charge is -2.33. The molecule has 1 unspecified atom stereocenters. The van der Waals surface area contributed by atoms with Gasteiger partial charge in [0.15, 0.2) is 0 Å². The van der Waals surface area contributed by atoms with Crippen molar-refractivity contribution in [2.24, 2.45) is 5.92 Å². The number of benzene rings is 1. The van der Waals surface area contributed by atoms with Crippen molar-refractivity contribution in [2.75, 3.05) is 18.6 Å². The average Bonchev–Trinajstić information content (AvgIpc) is 3.36.